The number of aryl methyl sites for hydroxylation is 1. The number of nitrogens with zero attached hydrogens (tertiary/aromatic N) is 1. The first-order valence-electron chi connectivity index (χ1n) is 6.12. The normalized spacial score (nSPS) is 14.6. The Morgan fingerprint density at radius 1 is 1.25 bits per heavy atom. The lowest BCUT2D eigenvalue weighted by molar-refractivity contribution is 0.143. The summed E-state index contributed by atoms with van der Waals surface area (Å²) in [7, 11) is 0. The van der Waals surface area contributed by atoms with Crippen LogP contribution < -0.4 is 4.90 Å². The maximum atomic E-state index is 9.94. The van der Waals surface area contributed by atoms with Gasteiger partial charge in [-0.2, -0.15) is 0 Å². The maximum Gasteiger partial charge on any atom is 0.0738 e. The Hall–Kier alpha value is -1.02. The molecule has 0 aliphatic carbocycles. The molecule has 0 radical (unpaired) electrons. The van der Waals surface area contributed by atoms with Gasteiger partial charge in [-0.05, 0) is 38.8 Å². The van der Waals surface area contributed by atoms with Gasteiger partial charge in [0.1, 0.15) is 0 Å². The molecule has 0 aliphatic rings. The third-order valence-corrected chi connectivity index (χ3v) is 3.23. The van der Waals surface area contributed by atoms with Crippen molar-refractivity contribution in [1.82, 2.24) is 0 Å². The number of hydrogen-bond acceptors (Lipinski definition) is 2. The molecule has 2 unspecified atom stereocenters. The molecular formula is C14H23NO. The highest BCUT2D eigenvalue weighted by atomic mass is 16.3. The van der Waals surface area contributed by atoms with Gasteiger partial charge >= 0.3 is 0 Å². The van der Waals surface area contributed by atoms with Crippen LogP contribution in [-0.2, 0) is 0 Å². The lowest BCUT2D eigenvalue weighted by Crippen LogP contribution is -2.41. The number of aliphatic hydroxyl groups is 1. The van der Waals surface area contributed by atoms with Crippen LogP contribution in [0, 0.1) is 6.92 Å². The van der Waals surface area contributed by atoms with E-state index in [0.29, 0.717) is 0 Å². The van der Waals surface area contributed by atoms with Crippen LogP contribution in [0.5, 0.6) is 0 Å². The van der Waals surface area contributed by atoms with Crippen molar-refractivity contribution in [3.63, 3.8) is 0 Å². The highest BCUT2D eigenvalue weighted by molar-refractivity contribution is 5.53. The van der Waals surface area contributed by atoms with Crippen LogP contribution >= 0.6 is 0 Å². The summed E-state index contributed by atoms with van der Waals surface area (Å²) in [6, 6.07) is 8.50. The third kappa shape index (κ3) is 2.76. The Morgan fingerprint density at radius 2 is 1.88 bits per heavy atom. The topological polar surface area (TPSA) is 23.5 Å². The van der Waals surface area contributed by atoms with Crippen LogP contribution in [0.25, 0.3) is 0 Å². The molecule has 0 bridgehead atoms. The van der Waals surface area contributed by atoms with E-state index in [1.807, 2.05) is 13.0 Å². The van der Waals surface area contributed by atoms with Crippen LogP contribution in [0.2, 0.25) is 0 Å². The van der Waals surface area contributed by atoms with Crippen molar-refractivity contribution in [2.75, 3.05) is 11.4 Å². The smallest absolute Gasteiger partial charge is 0.0738 e. The third-order valence-electron chi connectivity index (χ3n) is 3.23. The molecule has 0 amide bonds. The van der Waals surface area contributed by atoms with E-state index in [-0.39, 0.29) is 12.1 Å². The summed E-state index contributed by atoms with van der Waals surface area (Å²) in [5.41, 5.74) is 2.49. The summed E-state index contributed by atoms with van der Waals surface area (Å²) < 4.78 is 0. The van der Waals surface area contributed by atoms with E-state index in [2.05, 4.69) is 43.9 Å². The van der Waals surface area contributed by atoms with Gasteiger partial charge in [0.05, 0.1) is 12.1 Å². The van der Waals surface area contributed by atoms with Crippen LogP contribution in [0.3, 0.4) is 0 Å². The molecule has 0 aliphatic heterocycles. The second-order valence-corrected chi connectivity index (χ2v) is 4.29. The molecule has 1 N–H and O–H groups in total. The standard InChI is InChI=1S/C14H23NO/c1-5-14(16)12(4)15(6-2)13-10-8-7-9-11(13)3/h7-10,12,14,16H,5-6H2,1-4H3. The average Bonchev–Trinajstić information content (AvgIpc) is 2.31. The van der Waals surface area contributed by atoms with Crippen LogP contribution in [-0.4, -0.2) is 23.8 Å². The first-order valence-corrected chi connectivity index (χ1v) is 6.12. The zero-order valence-corrected chi connectivity index (χ0v) is 10.8. The SMILES string of the molecule is CCC(O)C(C)N(CC)c1ccccc1C. The molecule has 0 heterocycles. The van der Waals surface area contributed by atoms with Gasteiger partial charge in [-0.15, -0.1) is 0 Å². The minimum atomic E-state index is -0.264. The maximum absolute atomic E-state index is 9.94. The van der Waals surface area contributed by atoms with Crippen molar-refractivity contribution in [2.24, 2.45) is 0 Å². The van der Waals surface area contributed by atoms with Gasteiger partial charge in [0, 0.05) is 12.2 Å². The predicted octanol–water partition coefficient (Wildman–Crippen LogP) is 2.98. The van der Waals surface area contributed by atoms with Crippen molar-refractivity contribution in [3.8, 4) is 0 Å². The zero-order chi connectivity index (χ0) is 12.1. The molecule has 16 heavy (non-hydrogen) atoms. The van der Waals surface area contributed by atoms with Gasteiger partial charge in [0.15, 0.2) is 0 Å². The minimum Gasteiger partial charge on any atom is -0.391 e. The fourth-order valence-electron chi connectivity index (χ4n) is 2.11. The van der Waals surface area contributed by atoms with Crippen LogP contribution in [0.1, 0.15) is 32.8 Å². The van der Waals surface area contributed by atoms with E-state index >= 15 is 0 Å². The van der Waals surface area contributed by atoms with Gasteiger partial charge in [-0.25, -0.2) is 0 Å². The summed E-state index contributed by atoms with van der Waals surface area (Å²) in [6.07, 6.45) is 0.531. The lowest BCUT2D eigenvalue weighted by Gasteiger charge is -2.34. The Balaban J connectivity index is 2.94. The number of aliphatic hydroxyl groups excluding tert-OH is 1. The highest BCUT2D eigenvalue weighted by Crippen LogP contribution is 2.23. The quantitative estimate of drug-likeness (QED) is 0.826. The fraction of sp³-hybridized carbons (Fsp3) is 0.571. The number of rotatable bonds is 5. The monoisotopic (exact) mass is 221 g/mol. The van der Waals surface area contributed by atoms with Gasteiger partial charge < -0.3 is 10.0 Å². The Kier molecular flexibility index (Phi) is 4.81. The van der Waals surface area contributed by atoms with Crippen molar-refractivity contribution in [1.29, 1.82) is 0 Å². The molecule has 2 heteroatoms. The summed E-state index contributed by atoms with van der Waals surface area (Å²) in [4.78, 5) is 2.27. The number of likely N-dealkylation sites (N-methyl/N-ethyl adjacent to an activating group) is 1. The van der Waals surface area contributed by atoms with E-state index in [0.717, 1.165) is 13.0 Å². The van der Waals surface area contributed by atoms with Gasteiger partial charge in [-0.3, -0.25) is 0 Å². The molecule has 1 rings (SSSR count). The van der Waals surface area contributed by atoms with Crippen molar-refractivity contribution >= 4 is 5.69 Å². The summed E-state index contributed by atoms with van der Waals surface area (Å²) >= 11 is 0. The Labute approximate surface area is 98.9 Å². The lowest BCUT2D eigenvalue weighted by atomic mass is 10.1. The van der Waals surface area contributed by atoms with Gasteiger partial charge in [0.25, 0.3) is 0 Å². The number of benzene rings is 1. The van der Waals surface area contributed by atoms with Crippen LogP contribution in [0.4, 0.5) is 5.69 Å². The second kappa shape index (κ2) is 5.90. The summed E-state index contributed by atoms with van der Waals surface area (Å²) in [5, 5.41) is 9.94. The molecule has 0 saturated carbocycles. The van der Waals surface area contributed by atoms with Crippen molar-refractivity contribution in [3.05, 3.63) is 29.8 Å². The molecule has 0 fully saturated rings. The molecule has 90 valence electrons. The Bertz CT molecular complexity index is 324. The predicted molar refractivity (Wildman–Crippen MR) is 70.0 cm³/mol. The zero-order valence-electron chi connectivity index (χ0n) is 10.8. The molecule has 2 atom stereocenters. The molecule has 0 aromatic heterocycles. The summed E-state index contributed by atoms with van der Waals surface area (Å²) in [5.74, 6) is 0. The molecule has 0 spiro atoms. The van der Waals surface area contributed by atoms with E-state index < -0.39 is 0 Å². The molecule has 1 aromatic rings. The summed E-state index contributed by atoms with van der Waals surface area (Å²) in [6.45, 7) is 9.27. The fourth-order valence-corrected chi connectivity index (χ4v) is 2.11. The second-order valence-electron chi connectivity index (χ2n) is 4.29. The largest absolute Gasteiger partial charge is 0.391 e. The number of anilines is 1. The molecule has 2 nitrogen and oxygen atoms in total. The average molecular weight is 221 g/mol. The highest BCUT2D eigenvalue weighted by Gasteiger charge is 2.20. The minimum absolute atomic E-state index is 0.163. The van der Waals surface area contributed by atoms with Crippen LogP contribution in [0.15, 0.2) is 24.3 Å². The van der Waals surface area contributed by atoms with Gasteiger partial charge in [0.2, 0.25) is 0 Å². The molecular weight excluding hydrogens is 198 g/mol. The van der Waals surface area contributed by atoms with E-state index in [4.69, 9.17) is 0 Å². The van der Waals surface area contributed by atoms with E-state index in [1.54, 1.807) is 0 Å². The number of para-hydroxylation sites is 1. The first-order chi connectivity index (χ1) is 7.61. The first kappa shape index (κ1) is 13.0. The van der Waals surface area contributed by atoms with E-state index in [9.17, 15) is 5.11 Å². The Morgan fingerprint density at radius 3 is 2.38 bits per heavy atom. The van der Waals surface area contributed by atoms with Crippen molar-refractivity contribution in [2.45, 2.75) is 46.3 Å². The van der Waals surface area contributed by atoms with E-state index in [1.165, 1.54) is 11.3 Å². The molecule has 1 aromatic carbocycles. The van der Waals surface area contributed by atoms with Crippen molar-refractivity contribution < 1.29 is 5.11 Å². The number of hydrogen-bond donors (Lipinski definition) is 1. The van der Waals surface area contributed by atoms with Gasteiger partial charge in [-0.1, -0.05) is 25.1 Å². The molecule has 0 saturated heterocycles.